The lowest BCUT2D eigenvalue weighted by Crippen LogP contribution is -2.19. The van der Waals surface area contributed by atoms with Gasteiger partial charge in [-0.3, -0.25) is 0 Å². The zero-order chi connectivity index (χ0) is 11.9. The Morgan fingerprint density at radius 2 is 1.88 bits per heavy atom. The molecule has 5 heteroatoms. The van der Waals surface area contributed by atoms with Crippen molar-refractivity contribution in [2.45, 2.75) is 12.3 Å². The third-order valence-electron chi connectivity index (χ3n) is 2.53. The zero-order valence-corrected chi connectivity index (χ0v) is 8.49. The quantitative estimate of drug-likeness (QED) is 0.799. The molecule has 16 heavy (non-hydrogen) atoms. The lowest BCUT2D eigenvalue weighted by Gasteiger charge is -2.13. The molecular weight excluding hydrogens is 219 g/mol. The van der Waals surface area contributed by atoms with E-state index in [0.29, 0.717) is 10.9 Å². The third kappa shape index (κ3) is 1.67. The average molecular weight is 229 g/mol. The smallest absolute Gasteiger partial charge is 0.379 e. The number of para-hydroxylation sites is 1. The van der Waals surface area contributed by atoms with Crippen molar-refractivity contribution in [2.24, 2.45) is 7.05 Å². The standard InChI is InChI=1S/C11H10F3NO/c1-15-6-8(10(16)11(12,13)14)7-4-2-3-5-9(7)15/h2-6,10,16H,1H3/t10-/m0/s1. The summed E-state index contributed by atoms with van der Waals surface area (Å²) in [4.78, 5) is 0. The van der Waals surface area contributed by atoms with Crippen molar-refractivity contribution in [3.8, 4) is 0 Å². The van der Waals surface area contributed by atoms with Gasteiger partial charge in [-0.05, 0) is 6.07 Å². The Bertz CT molecular complexity index is 515. The van der Waals surface area contributed by atoms with Crippen LogP contribution >= 0.6 is 0 Å². The molecule has 1 N–H and O–H groups in total. The summed E-state index contributed by atoms with van der Waals surface area (Å²) in [5.41, 5.74) is 0.561. The van der Waals surface area contributed by atoms with Gasteiger partial charge in [0.25, 0.3) is 0 Å². The maximum atomic E-state index is 12.4. The first kappa shape index (κ1) is 11.0. The molecule has 0 aliphatic carbocycles. The van der Waals surface area contributed by atoms with Crippen LogP contribution in [-0.4, -0.2) is 15.8 Å². The van der Waals surface area contributed by atoms with Crippen molar-refractivity contribution < 1.29 is 18.3 Å². The van der Waals surface area contributed by atoms with Crippen molar-refractivity contribution in [2.75, 3.05) is 0 Å². The van der Waals surface area contributed by atoms with Gasteiger partial charge < -0.3 is 9.67 Å². The Morgan fingerprint density at radius 1 is 1.25 bits per heavy atom. The molecule has 1 aromatic heterocycles. The maximum Gasteiger partial charge on any atom is 0.418 e. The number of hydrogen-bond acceptors (Lipinski definition) is 1. The van der Waals surface area contributed by atoms with Gasteiger partial charge in [0.2, 0.25) is 0 Å². The largest absolute Gasteiger partial charge is 0.418 e. The summed E-state index contributed by atoms with van der Waals surface area (Å²) in [7, 11) is 1.65. The molecule has 0 saturated heterocycles. The number of alkyl halides is 3. The predicted molar refractivity (Wildman–Crippen MR) is 53.9 cm³/mol. The number of fused-ring (bicyclic) bond motifs is 1. The highest BCUT2D eigenvalue weighted by Crippen LogP contribution is 2.36. The van der Waals surface area contributed by atoms with Crippen molar-refractivity contribution in [3.63, 3.8) is 0 Å². The minimum absolute atomic E-state index is 0.106. The van der Waals surface area contributed by atoms with Crippen LogP contribution in [0.25, 0.3) is 10.9 Å². The molecule has 0 saturated carbocycles. The number of aliphatic hydroxyl groups excluding tert-OH is 1. The van der Waals surface area contributed by atoms with E-state index < -0.39 is 12.3 Å². The SMILES string of the molecule is Cn1cc([C@H](O)C(F)(F)F)c2ccccc21. The van der Waals surface area contributed by atoms with E-state index in [1.807, 2.05) is 0 Å². The Balaban J connectivity index is 2.62. The maximum absolute atomic E-state index is 12.4. The summed E-state index contributed by atoms with van der Waals surface area (Å²) in [5, 5.41) is 9.66. The molecule has 0 spiro atoms. The summed E-state index contributed by atoms with van der Waals surface area (Å²) in [5.74, 6) is 0. The minimum Gasteiger partial charge on any atom is -0.379 e. The minimum atomic E-state index is -4.63. The summed E-state index contributed by atoms with van der Waals surface area (Å²) in [6, 6.07) is 6.67. The van der Waals surface area contributed by atoms with E-state index in [2.05, 4.69) is 0 Å². The highest BCUT2D eigenvalue weighted by Gasteiger charge is 2.40. The first-order valence-electron chi connectivity index (χ1n) is 4.70. The molecule has 1 aromatic carbocycles. The van der Waals surface area contributed by atoms with Gasteiger partial charge in [-0.1, -0.05) is 18.2 Å². The van der Waals surface area contributed by atoms with Gasteiger partial charge in [-0.15, -0.1) is 0 Å². The fourth-order valence-electron chi connectivity index (χ4n) is 1.77. The van der Waals surface area contributed by atoms with Gasteiger partial charge in [0.15, 0.2) is 6.10 Å². The van der Waals surface area contributed by atoms with Crippen LogP contribution in [0.4, 0.5) is 13.2 Å². The van der Waals surface area contributed by atoms with Gasteiger partial charge in [0.05, 0.1) is 0 Å². The molecule has 0 aliphatic heterocycles. The predicted octanol–water partition coefficient (Wildman–Crippen LogP) is 2.77. The summed E-state index contributed by atoms with van der Waals surface area (Å²) >= 11 is 0. The van der Waals surface area contributed by atoms with Crippen LogP contribution in [0.3, 0.4) is 0 Å². The van der Waals surface area contributed by atoms with Crippen molar-refractivity contribution in [3.05, 3.63) is 36.0 Å². The molecule has 0 amide bonds. The van der Waals surface area contributed by atoms with Crippen LogP contribution in [0.2, 0.25) is 0 Å². The number of halogens is 3. The van der Waals surface area contributed by atoms with Gasteiger partial charge >= 0.3 is 6.18 Å². The molecule has 1 atom stereocenters. The highest BCUT2D eigenvalue weighted by atomic mass is 19.4. The number of aromatic nitrogens is 1. The van der Waals surface area contributed by atoms with Gasteiger partial charge in [0, 0.05) is 29.7 Å². The number of aliphatic hydroxyl groups is 1. The average Bonchev–Trinajstić information content (AvgIpc) is 2.55. The number of rotatable bonds is 1. The number of benzene rings is 1. The third-order valence-corrected chi connectivity index (χ3v) is 2.53. The molecule has 2 aromatic rings. The number of hydrogen-bond donors (Lipinski definition) is 1. The molecule has 0 unspecified atom stereocenters. The Labute approximate surface area is 89.9 Å². The second kappa shape index (κ2) is 3.52. The van der Waals surface area contributed by atoms with E-state index in [4.69, 9.17) is 0 Å². The van der Waals surface area contributed by atoms with E-state index in [-0.39, 0.29) is 5.56 Å². The fraction of sp³-hybridized carbons (Fsp3) is 0.273. The van der Waals surface area contributed by atoms with Crippen LogP contribution in [0.15, 0.2) is 30.5 Å². The van der Waals surface area contributed by atoms with Crippen LogP contribution in [0.5, 0.6) is 0 Å². The summed E-state index contributed by atoms with van der Waals surface area (Å²) in [6.07, 6.45) is -5.76. The summed E-state index contributed by atoms with van der Waals surface area (Å²) in [6.45, 7) is 0. The monoisotopic (exact) mass is 229 g/mol. The van der Waals surface area contributed by atoms with Gasteiger partial charge in [0.1, 0.15) is 0 Å². The molecule has 2 nitrogen and oxygen atoms in total. The molecule has 0 aliphatic rings. The Morgan fingerprint density at radius 3 is 2.50 bits per heavy atom. The molecule has 1 heterocycles. The van der Waals surface area contributed by atoms with E-state index in [9.17, 15) is 18.3 Å². The molecule has 86 valence electrons. The molecule has 0 fully saturated rings. The van der Waals surface area contributed by atoms with Crippen LogP contribution in [0, 0.1) is 0 Å². The lowest BCUT2D eigenvalue weighted by atomic mass is 10.1. The lowest BCUT2D eigenvalue weighted by molar-refractivity contribution is -0.206. The van der Waals surface area contributed by atoms with E-state index in [0.717, 1.165) is 0 Å². The van der Waals surface area contributed by atoms with Gasteiger partial charge in [-0.2, -0.15) is 13.2 Å². The number of aryl methyl sites for hydroxylation is 1. The second-order valence-corrected chi connectivity index (χ2v) is 3.66. The first-order valence-corrected chi connectivity index (χ1v) is 4.70. The zero-order valence-electron chi connectivity index (χ0n) is 8.49. The van der Waals surface area contributed by atoms with Crippen LogP contribution in [0.1, 0.15) is 11.7 Å². The fourth-order valence-corrected chi connectivity index (χ4v) is 1.77. The summed E-state index contributed by atoms with van der Waals surface area (Å²) < 4.78 is 38.8. The normalized spacial score (nSPS) is 14.3. The Hall–Kier alpha value is -1.49. The van der Waals surface area contributed by atoms with Crippen molar-refractivity contribution in [1.29, 1.82) is 0 Å². The van der Waals surface area contributed by atoms with E-state index >= 15 is 0 Å². The first-order chi connectivity index (χ1) is 7.41. The molecule has 0 bridgehead atoms. The van der Waals surface area contributed by atoms with Crippen LogP contribution < -0.4 is 0 Å². The highest BCUT2D eigenvalue weighted by molar-refractivity contribution is 5.84. The second-order valence-electron chi connectivity index (χ2n) is 3.66. The molecular formula is C11H10F3NO. The van der Waals surface area contributed by atoms with Crippen LogP contribution in [-0.2, 0) is 7.05 Å². The van der Waals surface area contributed by atoms with Gasteiger partial charge in [-0.25, -0.2) is 0 Å². The Kier molecular flexibility index (Phi) is 2.42. The van der Waals surface area contributed by atoms with Crippen molar-refractivity contribution >= 4 is 10.9 Å². The molecule has 2 rings (SSSR count). The topological polar surface area (TPSA) is 25.2 Å². The molecule has 0 radical (unpaired) electrons. The van der Waals surface area contributed by atoms with E-state index in [1.54, 1.807) is 35.9 Å². The van der Waals surface area contributed by atoms with Crippen molar-refractivity contribution in [1.82, 2.24) is 4.57 Å². The van der Waals surface area contributed by atoms with E-state index in [1.165, 1.54) is 6.20 Å². The number of nitrogens with zero attached hydrogens (tertiary/aromatic N) is 1.